The normalized spacial score (nSPS) is 10.3. The number of nitrogens with one attached hydrogen (secondary N) is 2. The zero-order valence-corrected chi connectivity index (χ0v) is 15.0. The first-order valence-corrected chi connectivity index (χ1v) is 8.26. The van der Waals surface area contributed by atoms with Crippen LogP contribution in [0.2, 0.25) is 5.02 Å². The predicted molar refractivity (Wildman–Crippen MR) is 102 cm³/mol. The van der Waals surface area contributed by atoms with E-state index < -0.39 is 0 Å². The van der Waals surface area contributed by atoms with Crippen molar-refractivity contribution in [3.05, 3.63) is 70.9 Å². The molecule has 0 aliphatic carbocycles. The summed E-state index contributed by atoms with van der Waals surface area (Å²) in [5.74, 6) is 0.832. The first-order valence-electron chi connectivity index (χ1n) is 7.88. The number of hydrogen-bond donors (Lipinski definition) is 2. The van der Waals surface area contributed by atoms with Crippen LogP contribution in [0.1, 0.15) is 16.1 Å². The molecule has 1 amide bonds. The third-order valence-corrected chi connectivity index (χ3v) is 4.10. The van der Waals surface area contributed by atoms with Crippen molar-refractivity contribution in [1.82, 2.24) is 10.2 Å². The molecule has 0 saturated carbocycles. The number of methoxy groups -OCH3 is 1. The number of carbonyl (C=O) groups is 1. The Kier molecular flexibility index (Phi) is 5.34. The maximum atomic E-state index is 12.3. The van der Waals surface area contributed by atoms with E-state index in [1.165, 1.54) is 0 Å². The lowest BCUT2D eigenvalue weighted by atomic mass is 10.2. The minimum atomic E-state index is -0.360. The zero-order valence-electron chi connectivity index (χ0n) is 14.3. The highest BCUT2D eigenvalue weighted by molar-refractivity contribution is 6.31. The molecule has 0 bridgehead atoms. The van der Waals surface area contributed by atoms with Gasteiger partial charge in [-0.05, 0) is 48.9 Å². The van der Waals surface area contributed by atoms with Gasteiger partial charge < -0.3 is 15.4 Å². The van der Waals surface area contributed by atoms with Gasteiger partial charge in [0.25, 0.3) is 5.91 Å². The summed E-state index contributed by atoms with van der Waals surface area (Å²) in [6, 6.07) is 16.0. The van der Waals surface area contributed by atoms with Crippen molar-refractivity contribution < 1.29 is 9.53 Å². The van der Waals surface area contributed by atoms with Crippen LogP contribution in [0.3, 0.4) is 0 Å². The van der Waals surface area contributed by atoms with E-state index in [1.54, 1.807) is 31.4 Å². The van der Waals surface area contributed by atoms with E-state index in [0.717, 1.165) is 11.3 Å². The average molecular weight is 369 g/mol. The molecular weight excluding hydrogens is 352 g/mol. The van der Waals surface area contributed by atoms with E-state index in [0.29, 0.717) is 22.3 Å². The molecular formula is C19H17ClN4O2. The van der Waals surface area contributed by atoms with Gasteiger partial charge in [-0.15, -0.1) is 10.2 Å². The highest BCUT2D eigenvalue weighted by atomic mass is 35.5. The van der Waals surface area contributed by atoms with Gasteiger partial charge in [0.15, 0.2) is 11.5 Å². The van der Waals surface area contributed by atoms with Crippen molar-refractivity contribution in [2.75, 3.05) is 17.7 Å². The summed E-state index contributed by atoms with van der Waals surface area (Å²) in [5.41, 5.74) is 2.50. The molecule has 1 aromatic heterocycles. The first kappa shape index (κ1) is 17.7. The second-order valence-electron chi connectivity index (χ2n) is 5.55. The molecule has 3 aromatic rings. The largest absolute Gasteiger partial charge is 0.495 e. The van der Waals surface area contributed by atoms with Crippen molar-refractivity contribution in [3.63, 3.8) is 0 Å². The number of rotatable bonds is 5. The molecule has 0 atom stereocenters. The third-order valence-electron chi connectivity index (χ3n) is 3.70. The van der Waals surface area contributed by atoms with Gasteiger partial charge in [-0.3, -0.25) is 4.79 Å². The summed E-state index contributed by atoms with van der Waals surface area (Å²) < 4.78 is 5.28. The second kappa shape index (κ2) is 7.84. The van der Waals surface area contributed by atoms with Crippen LogP contribution in [0.5, 0.6) is 5.75 Å². The molecule has 0 unspecified atom stereocenters. The number of nitrogens with zero attached hydrogens (tertiary/aromatic N) is 2. The van der Waals surface area contributed by atoms with Crippen LogP contribution in [-0.4, -0.2) is 23.2 Å². The maximum Gasteiger partial charge on any atom is 0.276 e. The SMILES string of the molecule is COc1ccccc1Nc1ccc(C(=O)Nc2ccc(C)c(Cl)c2)nn1. The molecule has 0 radical (unpaired) electrons. The zero-order chi connectivity index (χ0) is 18.5. The Labute approximate surface area is 156 Å². The maximum absolute atomic E-state index is 12.3. The molecule has 2 aromatic carbocycles. The molecule has 3 rings (SSSR count). The summed E-state index contributed by atoms with van der Waals surface area (Å²) in [7, 11) is 1.59. The molecule has 6 nitrogen and oxygen atoms in total. The summed E-state index contributed by atoms with van der Waals surface area (Å²) in [5, 5.41) is 14.4. The highest BCUT2D eigenvalue weighted by Crippen LogP contribution is 2.26. The van der Waals surface area contributed by atoms with Crippen LogP contribution in [0.25, 0.3) is 0 Å². The van der Waals surface area contributed by atoms with Gasteiger partial charge >= 0.3 is 0 Å². The van der Waals surface area contributed by atoms with Crippen LogP contribution < -0.4 is 15.4 Å². The molecule has 0 saturated heterocycles. The van der Waals surface area contributed by atoms with Crippen LogP contribution in [0.4, 0.5) is 17.2 Å². The lowest BCUT2D eigenvalue weighted by Gasteiger charge is -2.10. The van der Waals surface area contributed by atoms with Crippen LogP contribution >= 0.6 is 11.6 Å². The summed E-state index contributed by atoms with van der Waals surface area (Å²) >= 11 is 6.07. The topological polar surface area (TPSA) is 76.1 Å². The van der Waals surface area contributed by atoms with Gasteiger partial charge in [-0.25, -0.2) is 0 Å². The van der Waals surface area contributed by atoms with E-state index in [2.05, 4.69) is 20.8 Å². The van der Waals surface area contributed by atoms with E-state index >= 15 is 0 Å². The van der Waals surface area contributed by atoms with E-state index in [-0.39, 0.29) is 11.6 Å². The van der Waals surface area contributed by atoms with Gasteiger partial charge in [-0.2, -0.15) is 0 Å². The Bertz CT molecular complexity index is 929. The summed E-state index contributed by atoms with van der Waals surface area (Å²) in [6.45, 7) is 1.90. The van der Waals surface area contributed by atoms with E-state index in [1.807, 2.05) is 37.3 Å². The number of benzene rings is 2. The van der Waals surface area contributed by atoms with Crippen molar-refractivity contribution in [1.29, 1.82) is 0 Å². The fourth-order valence-corrected chi connectivity index (χ4v) is 2.45. The predicted octanol–water partition coefficient (Wildman–Crippen LogP) is 4.44. The highest BCUT2D eigenvalue weighted by Gasteiger charge is 2.10. The lowest BCUT2D eigenvalue weighted by molar-refractivity contribution is 0.102. The number of aryl methyl sites for hydroxylation is 1. The Morgan fingerprint density at radius 2 is 1.88 bits per heavy atom. The number of ether oxygens (including phenoxy) is 1. The van der Waals surface area contributed by atoms with Crippen molar-refractivity contribution in [3.8, 4) is 5.75 Å². The Hall–Kier alpha value is -3.12. The second-order valence-corrected chi connectivity index (χ2v) is 5.95. The molecule has 0 fully saturated rings. The molecule has 0 spiro atoms. The number of halogens is 1. The minimum absolute atomic E-state index is 0.201. The number of amides is 1. The Balaban J connectivity index is 1.70. The lowest BCUT2D eigenvalue weighted by Crippen LogP contribution is -2.14. The summed E-state index contributed by atoms with van der Waals surface area (Å²) in [6.07, 6.45) is 0. The molecule has 1 heterocycles. The minimum Gasteiger partial charge on any atom is -0.495 e. The van der Waals surface area contributed by atoms with E-state index in [9.17, 15) is 4.79 Å². The van der Waals surface area contributed by atoms with Gasteiger partial charge in [0.05, 0.1) is 12.8 Å². The number of carbonyl (C=O) groups excluding carboxylic acids is 1. The molecule has 0 aliphatic rings. The summed E-state index contributed by atoms with van der Waals surface area (Å²) in [4.78, 5) is 12.3. The third kappa shape index (κ3) is 4.10. The fraction of sp³-hybridized carbons (Fsp3) is 0.105. The number of para-hydroxylation sites is 2. The van der Waals surface area contributed by atoms with Crippen LogP contribution in [0.15, 0.2) is 54.6 Å². The van der Waals surface area contributed by atoms with Crippen molar-refractivity contribution in [2.45, 2.75) is 6.92 Å². The average Bonchev–Trinajstić information content (AvgIpc) is 2.66. The van der Waals surface area contributed by atoms with Crippen LogP contribution in [0, 0.1) is 6.92 Å². The molecule has 0 aliphatic heterocycles. The molecule has 132 valence electrons. The van der Waals surface area contributed by atoms with Gasteiger partial charge in [0, 0.05) is 10.7 Å². The quantitative estimate of drug-likeness (QED) is 0.696. The monoisotopic (exact) mass is 368 g/mol. The molecule has 2 N–H and O–H groups in total. The van der Waals surface area contributed by atoms with Gasteiger partial charge in [0.2, 0.25) is 0 Å². The standard InChI is InChI=1S/C19H17ClN4O2/c1-12-7-8-13(11-14(12)20)21-19(25)16-9-10-18(24-23-16)22-15-5-3-4-6-17(15)26-2/h3-11H,1-2H3,(H,21,25)(H,22,24). The smallest absolute Gasteiger partial charge is 0.276 e. The van der Waals surface area contributed by atoms with Crippen molar-refractivity contribution >= 4 is 34.7 Å². The Morgan fingerprint density at radius 1 is 1.08 bits per heavy atom. The Morgan fingerprint density at radius 3 is 2.58 bits per heavy atom. The van der Waals surface area contributed by atoms with Crippen molar-refractivity contribution in [2.24, 2.45) is 0 Å². The van der Waals surface area contributed by atoms with Gasteiger partial charge in [-0.1, -0.05) is 29.8 Å². The number of aromatic nitrogens is 2. The fourth-order valence-electron chi connectivity index (χ4n) is 2.27. The molecule has 26 heavy (non-hydrogen) atoms. The van der Waals surface area contributed by atoms with Crippen LogP contribution in [-0.2, 0) is 0 Å². The number of hydrogen-bond acceptors (Lipinski definition) is 5. The number of anilines is 3. The molecule has 7 heteroatoms. The first-order chi connectivity index (χ1) is 12.6. The van der Waals surface area contributed by atoms with E-state index in [4.69, 9.17) is 16.3 Å². The van der Waals surface area contributed by atoms with Gasteiger partial charge in [0.1, 0.15) is 5.75 Å².